The quantitative estimate of drug-likeness (QED) is 0.523. The van der Waals surface area contributed by atoms with E-state index in [2.05, 4.69) is 4.74 Å². The first-order valence-electron chi connectivity index (χ1n) is 10.6. The van der Waals surface area contributed by atoms with Gasteiger partial charge in [0.05, 0.1) is 26.2 Å². The Labute approximate surface area is 191 Å². The van der Waals surface area contributed by atoms with Crippen LogP contribution in [0.1, 0.15) is 38.8 Å². The highest BCUT2D eigenvalue weighted by molar-refractivity contribution is 5.76. The second-order valence-electron chi connectivity index (χ2n) is 7.29. The molecule has 0 aromatic heterocycles. The van der Waals surface area contributed by atoms with Crippen LogP contribution in [-0.2, 0) is 27.2 Å². The van der Waals surface area contributed by atoms with Gasteiger partial charge in [0.15, 0.2) is 0 Å². The number of carbonyl (C=O) groups excluding carboxylic acids is 2. The van der Waals surface area contributed by atoms with Crippen molar-refractivity contribution >= 4 is 11.9 Å². The molecule has 5 N–H and O–H groups in total. The number of rotatable bonds is 10. The third-order valence-corrected chi connectivity index (χ3v) is 4.64. The van der Waals surface area contributed by atoms with Crippen LogP contribution in [0.5, 0.6) is 11.5 Å². The van der Waals surface area contributed by atoms with E-state index in [9.17, 15) is 9.59 Å². The Balaban J connectivity index is 0.000000584. The molecule has 7 nitrogen and oxygen atoms in total. The summed E-state index contributed by atoms with van der Waals surface area (Å²) in [4.78, 5) is 22.1. The average molecular weight is 447 g/mol. The van der Waals surface area contributed by atoms with Crippen LogP contribution in [0.4, 0.5) is 0 Å². The van der Waals surface area contributed by atoms with E-state index in [1.54, 1.807) is 0 Å². The van der Waals surface area contributed by atoms with Gasteiger partial charge in [-0.15, -0.1) is 0 Å². The molecular weight excluding hydrogens is 408 g/mol. The van der Waals surface area contributed by atoms with Crippen molar-refractivity contribution in [3.8, 4) is 11.5 Å². The number of esters is 1. The molecule has 0 heterocycles. The molecule has 2 rings (SSSR count). The van der Waals surface area contributed by atoms with E-state index < -0.39 is 0 Å². The molecule has 1 amide bonds. The van der Waals surface area contributed by atoms with Gasteiger partial charge in [-0.25, -0.2) is 0 Å². The summed E-state index contributed by atoms with van der Waals surface area (Å²) in [6.45, 7) is 8.92. The van der Waals surface area contributed by atoms with Crippen LogP contribution >= 0.6 is 0 Å². The Bertz CT molecular complexity index is 791. The molecule has 32 heavy (non-hydrogen) atoms. The van der Waals surface area contributed by atoms with Crippen LogP contribution in [0.2, 0.25) is 0 Å². The maximum absolute atomic E-state index is 11.2. The zero-order valence-electron chi connectivity index (χ0n) is 19.9. The second kappa shape index (κ2) is 15.7. The number of amides is 1. The number of nitrogens with two attached hydrogens (primary N) is 1. The molecule has 0 spiro atoms. The van der Waals surface area contributed by atoms with Crippen molar-refractivity contribution in [1.82, 2.24) is 6.15 Å². The van der Waals surface area contributed by atoms with E-state index in [0.717, 1.165) is 22.6 Å². The van der Waals surface area contributed by atoms with Gasteiger partial charge in [-0.2, -0.15) is 0 Å². The average Bonchev–Trinajstić information content (AvgIpc) is 2.76. The zero-order chi connectivity index (χ0) is 23.2. The van der Waals surface area contributed by atoms with E-state index in [1.807, 2.05) is 76.2 Å². The standard InChI is InChI=1S/C13H18O3.C12H17NO2.H3N/c1-4-16-12-7-5-11(6-8-12)9-10(2)13(14)15-3;1-3-15-11-6-4-10(5-7-11)8-9(2)12(13)14;/h5-8,10H,4,9H2,1-3H3;4-7,9H,3,8H2,1-2H3,(H2,13,14);1H3. The summed E-state index contributed by atoms with van der Waals surface area (Å²) < 4.78 is 15.3. The van der Waals surface area contributed by atoms with Gasteiger partial charge < -0.3 is 26.1 Å². The lowest BCUT2D eigenvalue weighted by molar-refractivity contribution is -0.144. The third-order valence-electron chi connectivity index (χ3n) is 4.64. The highest BCUT2D eigenvalue weighted by Crippen LogP contribution is 2.16. The number of ether oxygens (including phenoxy) is 3. The monoisotopic (exact) mass is 446 g/mol. The Kier molecular flexibility index (Phi) is 14.2. The lowest BCUT2D eigenvalue weighted by Crippen LogP contribution is -2.22. The van der Waals surface area contributed by atoms with Gasteiger partial charge in [0.2, 0.25) is 5.91 Å². The van der Waals surface area contributed by atoms with Crippen molar-refractivity contribution in [3.63, 3.8) is 0 Å². The molecule has 0 bridgehead atoms. The number of benzene rings is 2. The minimum Gasteiger partial charge on any atom is -0.494 e. The van der Waals surface area contributed by atoms with Crippen LogP contribution in [0, 0.1) is 11.8 Å². The van der Waals surface area contributed by atoms with E-state index >= 15 is 0 Å². The fourth-order valence-corrected chi connectivity index (χ4v) is 2.87. The number of hydrogen-bond acceptors (Lipinski definition) is 6. The predicted molar refractivity (Wildman–Crippen MR) is 127 cm³/mol. The van der Waals surface area contributed by atoms with Gasteiger partial charge in [0, 0.05) is 5.92 Å². The summed E-state index contributed by atoms with van der Waals surface area (Å²) in [6, 6.07) is 15.5. The minimum atomic E-state index is -0.260. The summed E-state index contributed by atoms with van der Waals surface area (Å²) in [5, 5.41) is 0. The SMILES string of the molecule is CCOc1ccc(CC(C)C(=O)OC)cc1.CCOc1ccc(CC(C)C(N)=O)cc1.N. The van der Waals surface area contributed by atoms with Crippen molar-refractivity contribution < 1.29 is 23.8 Å². The second-order valence-corrected chi connectivity index (χ2v) is 7.29. The van der Waals surface area contributed by atoms with Crippen LogP contribution in [-0.4, -0.2) is 32.2 Å². The van der Waals surface area contributed by atoms with Gasteiger partial charge in [0.25, 0.3) is 0 Å². The van der Waals surface area contributed by atoms with Gasteiger partial charge >= 0.3 is 5.97 Å². The smallest absolute Gasteiger partial charge is 0.308 e. The largest absolute Gasteiger partial charge is 0.494 e. The number of carbonyl (C=O) groups is 2. The van der Waals surface area contributed by atoms with Gasteiger partial charge in [-0.05, 0) is 62.1 Å². The highest BCUT2D eigenvalue weighted by atomic mass is 16.5. The van der Waals surface area contributed by atoms with Gasteiger partial charge in [-0.1, -0.05) is 38.1 Å². The maximum atomic E-state index is 11.2. The normalized spacial score (nSPS) is 11.7. The van der Waals surface area contributed by atoms with E-state index in [1.165, 1.54) is 7.11 Å². The Morgan fingerprint density at radius 3 is 1.47 bits per heavy atom. The minimum absolute atomic E-state index is 0. The molecule has 0 fully saturated rings. The summed E-state index contributed by atoms with van der Waals surface area (Å²) >= 11 is 0. The fourth-order valence-electron chi connectivity index (χ4n) is 2.87. The Morgan fingerprint density at radius 2 is 1.16 bits per heavy atom. The topological polar surface area (TPSA) is 123 Å². The molecule has 178 valence electrons. The van der Waals surface area contributed by atoms with E-state index in [0.29, 0.717) is 26.1 Å². The summed E-state index contributed by atoms with van der Waals surface area (Å²) in [7, 11) is 1.41. The molecule has 0 aliphatic heterocycles. The summed E-state index contributed by atoms with van der Waals surface area (Å²) in [5.41, 5.74) is 7.41. The molecule has 0 radical (unpaired) electrons. The van der Waals surface area contributed by atoms with Crippen molar-refractivity contribution in [2.75, 3.05) is 20.3 Å². The van der Waals surface area contributed by atoms with Crippen molar-refractivity contribution in [3.05, 3.63) is 59.7 Å². The van der Waals surface area contributed by atoms with Crippen molar-refractivity contribution in [2.24, 2.45) is 17.6 Å². The molecule has 0 saturated carbocycles. The Morgan fingerprint density at radius 1 is 0.781 bits per heavy atom. The number of methoxy groups -OCH3 is 1. The first-order chi connectivity index (χ1) is 14.8. The molecule has 2 unspecified atom stereocenters. The molecular formula is C25H38N2O5. The predicted octanol–water partition coefficient (Wildman–Crippen LogP) is 4.35. The van der Waals surface area contributed by atoms with Gasteiger partial charge in [0.1, 0.15) is 11.5 Å². The van der Waals surface area contributed by atoms with Gasteiger partial charge in [-0.3, -0.25) is 9.59 Å². The van der Waals surface area contributed by atoms with Crippen LogP contribution in [0.15, 0.2) is 48.5 Å². The van der Waals surface area contributed by atoms with E-state index in [-0.39, 0.29) is 29.9 Å². The van der Waals surface area contributed by atoms with E-state index in [4.69, 9.17) is 15.2 Å². The molecule has 7 heteroatoms. The summed E-state index contributed by atoms with van der Waals surface area (Å²) in [6.07, 6.45) is 1.38. The lowest BCUT2D eigenvalue weighted by Gasteiger charge is -2.09. The van der Waals surface area contributed by atoms with Crippen molar-refractivity contribution in [1.29, 1.82) is 0 Å². The summed E-state index contributed by atoms with van der Waals surface area (Å²) in [5.74, 6) is 1.05. The van der Waals surface area contributed by atoms with Crippen LogP contribution in [0.25, 0.3) is 0 Å². The number of primary amides is 1. The Hall–Kier alpha value is -3.06. The highest BCUT2D eigenvalue weighted by Gasteiger charge is 2.13. The molecule has 0 aliphatic rings. The first kappa shape index (κ1) is 28.9. The zero-order valence-corrected chi connectivity index (χ0v) is 19.9. The molecule has 0 aliphatic carbocycles. The fraction of sp³-hybridized carbons (Fsp3) is 0.440. The van der Waals surface area contributed by atoms with Crippen molar-refractivity contribution in [2.45, 2.75) is 40.5 Å². The van der Waals surface area contributed by atoms with Crippen LogP contribution in [0.3, 0.4) is 0 Å². The number of hydrogen-bond donors (Lipinski definition) is 2. The molecule has 0 saturated heterocycles. The maximum Gasteiger partial charge on any atom is 0.308 e. The third kappa shape index (κ3) is 10.8. The molecule has 2 aromatic carbocycles. The van der Waals surface area contributed by atoms with Crippen LogP contribution < -0.4 is 21.4 Å². The lowest BCUT2D eigenvalue weighted by atomic mass is 10.0. The molecule has 2 aromatic rings. The first-order valence-corrected chi connectivity index (χ1v) is 10.6. The molecule has 2 atom stereocenters.